The van der Waals surface area contributed by atoms with Crippen LogP contribution in [0.4, 0.5) is 11.4 Å². The standard InChI is InChI=1S/C12H14Cl2N2/c13-8-4-10-11(5-9(8)14)16-7-12(6-15-10)2-1-3-12/h4-5,15-16H,1-3,6-7H2. The molecule has 0 aromatic heterocycles. The maximum atomic E-state index is 6.02. The van der Waals surface area contributed by atoms with Gasteiger partial charge in [0.2, 0.25) is 0 Å². The van der Waals surface area contributed by atoms with E-state index in [-0.39, 0.29) is 0 Å². The van der Waals surface area contributed by atoms with Gasteiger partial charge in [0.05, 0.1) is 21.4 Å². The number of halogens is 2. The van der Waals surface area contributed by atoms with Crippen molar-refractivity contribution in [3.05, 3.63) is 22.2 Å². The highest BCUT2D eigenvalue weighted by atomic mass is 35.5. The number of rotatable bonds is 0. The fourth-order valence-corrected chi connectivity index (χ4v) is 2.82. The Balaban J connectivity index is 1.91. The summed E-state index contributed by atoms with van der Waals surface area (Å²) in [5.41, 5.74) is 2.58. The summed E-state index contributed by atoms with van der Waals surface area (Å²) in [7, 11) is 0. The zero-order valence-electron chi connectivity index (χ0n) is 8.95. The van der Waals surface area contributed by atoms with Crippen LogP contribution in [0.15, 0.2) is 12.1 Å². The van der Waals surface area contributed by atoms with E-state index in [0.29, 0.717) is 15.5 Å². The molecule has 0 bridgehead atoms. The van der Waals surface area contributed by atoms with Gasteiger partial charge in [-0.15, -0.1) is 0 Å². The van der Waals surface area contributed by atoms with Crippen molar-refractivity contribution < 1.29 is 0 Å². The highest BCUT2D eigenvalue weighted by molar-refractivity contribution is 6.42. The lowest BCUT2D eigenvalue weighted by atomic mass is 9.69. The van der Waals surface area contributed by atoms with Crippen molar-refractivity contribution in [1.82, 2.24) is 0 Å². The first kappa shape index (κ1) is 10.5. The zero-order valence-corrected chi connectivity index (χ0v) is 10.5. The lowest BCUT2D eigenvalue weighted by Crippen LogP contribution is -2.40. The first-order chi connectivity index (χ1) is 7.69. The molecule has 1 saturated carbocycles. The van der Waals surface area contributed by atoms with E-state index >= 15 is 0 Å². The summed E-state index contributed by atoms with van der Waals surface area (Å²) in [5, 5.41) is 8.18. The van der Waals surface area contributed by atoms with E-state index < -0.39 is 0 Å². The minimum atomic E-state index is 0.442. The monoisotopic (exact) mass is 256 g/mol. The van der Waals surface area contributed by atoms with Crippen molar-refractivity contribution in [1.29, 1.82) is 0 Å². The summed E-state index contributed by atoms with van der Waals surface area (Å²) in [6.45, 7) is 2.07. The lowest BCUT2D eigenvalue weighted by molar-refractivity contribution is 0.171. The Morgan fingerprint density at radius 3 is 1.81 bits per heavy atom. The van der Waals surface area contributed by atoms with Gasteiger partial charge < -0.3 is 10.6 Å². The van der Waals surface area contributed by atoms with Crippen LogP contribution >= 0.6 is 23.2 Å². The average molecular weight is 257 g/mol. The van der Waals surface area contributed by atoms with Crippen LogP contribution in [0.1, 0.15) is 19.3 Å². The molecule has 1 spiro atoms. The highest BCUT2D eigenvalue weighted by Gasteiger charge is 2.38. The van der Waals surface area contributed by atoms with Gasteiger partial charge in [0.25, 0.3) is 0 Å². The Labute approximate surface area is 105 Å². The van der Waals surface area contributed by atoms with Gasteiger partial charge in [-0.1, -0.05) is 29.6 Å². The average Bonchev–Trinajstić information content (AvgIpc) is 2.38. The molecule has 0 unspecified atom stereocenters. The molecule has 2 N–H and O–H groups in total. The van der Waals surface area contributed by atoms with Crippen LogP contribution in [0.2, 0.25) is 10.0 Å². The summed E-state index contributed by atoms with van der Waals surface area (Å²) < 4.78 is 0. The molecule has 3 rings (SSSR count). The summed E-state index contributed by atoms with van der Waals surface area (Å²) in [6, 6.07) is 3.81. The first-order valence-electron chi connectivity index (χ1n) is 5.65. The molecular weight excluding hydrogens is 243 g/mol. The summed E-state index contributed by atoms with van der Waals surface area (Å²) in [4.78, 5) is 0. The predicted octanol–water partition coefficient (Wildman–Crippen LogP) is 4.00. The van der Waals surface area contributed by atoms with Crippen molar-refractivity contribution in [3.8, 4) is 0 Å². The molecule has 1 aliphatic carbocycles. The zero-order chi connectivity index (χ0) is 11.2. The minimum Gasteiger partial charge on any atom is -0.383 e. The number of anilines is 2. The van der Waals surface area contributed by atoms with Crippen LogP contribution in [-0.2, 0) is 0 Å². The van der Waals surface area contributed by atoms with E-state index in [1.165, 1.54) is 19.3 Å². The van der Waals surface area contributed by atoms with Crippen molar-refractivity contribution in [2.24, 2.45) is 5.41 Å². The van der Waals surface area contributed by atoms with Gasteiger partial charge in [-0.2, -0.15) is 0 Å². The molecule has 2 aliphatic rings. The van der Waals surface area contributed by atoms with Crippen molar-refractivity contribution in [3.63, 3.8) is 0 Å². The molecule has 2 nitrogen and oxygen atoms in total. The van der Waals surface area contributed by atoms with Gasteiger partial charge in [0, 0.05) is 18.5 Å². The molecule has 1 aromatic rings. The maximum absolute atomic E-state index is 6.02. The fourth-order valence-electron chi connectivity index (χ4n) is 2.50. The molecule has 86 valence electrons. The predicted molar refractivity (Wildman–Crippen MR) is 69.7 cm³/mol. The van der Waals surface area contributed by atoms with Crippen molar-refractivity contribution >= 4 is 34.6 Å². The SMILES string of the molecule is Clc1cc2c(cc1Cl)NCC1(CCC1)CN2. The van der Waals surface area contributed by atoms with Gasteiger partial charge in [-0.3, -0.25) is 0 Å². The van der Waals surface area contributed by atoms with Gasteiger partial charge in [-0.25, -0.2) is 0 Å². The van der Waals surface area contributed by atoms with E-state index in [0.717, 1.165) is 24.5 Å². The second-order valence-electron chi connectivity index (χ2n) is 4.87. The molecule has 1 fully saturated rings. The lowest BCUT2D eigenvalue weighted by Gasteiger charge is -2.41. The molecule has 0 atom stereocenters. The second kappa shape index (κ2) is 3.71. The molecule has 1 aromatic carbocycles. The third-order valence-electron chi connectivity index (χ3n) is 3.78. The Morgan fingerprint density at radius 2 is 1.44 bits per heavy atom. The molecule has 4 heteroatoms. The van der Waals surface area contributed by atoms with Crippen molar-refractivity contribution in [2.45, 2.75) is 19.3 Å². The number of hydrogen-bond acceptors (Lipinski definition) is 2. The summed E-state index contributed by atoms with van der Waals surface area (Å²) in [5.74, 6) is 0. The second-order valence-corrected chi connectivity index (χ2v) is 5.69. The number of nitrogens with one attached hydrogen (secondary N) is 2. The van der Waals surface area contributed by atoms with E-state index in [4.69, 9.17) is 23.2 Å². The van der Waals surface area contributed by atoms with E-state index in [1.54, 1.807) is 0 Å². The molecule has 0 amide bonds. The Kier molecular flexibility index (Phi) is 2.45. The highest BCUT2D eigenvalue weighted by Crippen LogP contribution is 2.44. The number of hydrogen-bond donors (Lipinski definition) is 2. The smallest absolute Gasteiger partial charge is 0.0614 e. The topological polar surface area (TPSA) is 24.1 Å². The normalized spacial score (nSPS) is 21.4. The van der Waals surface area contributed by atoms with Crippen LogP contribution in [0.5, 0.6) is 0 Å². The van der Waals surface area contributed by atoms with Crippen LogP contribution in [0.25, 0.3) is 0 Å². The van der Waals surface area contributed by atoms with Gasteiger partial charge in [0.1, 0.15) is 0 Å². The molecule has 0 saturated heterocycles. The van der Waals surface area contributed by atoms with Gasteiger partial charge in [0.15, 0.2) is 0 Å². The summed E-state index contributed by atoms with van der Waals surface area (Å²) in [6.07, 6.45) is 3.96. The van der Waals surface area contributed by atoms with E-state index in [2.05, 4.69) is 10.6 Å². The Bertz CT molecular complexity index is 392. The van der Waals surface area contributed by atoms with Crippen LogP contribution in [0.3, 0.4) is 0 Å². The van der Waals surface area contributed by atoms with Crippen LogP contribution in [0, 0.1) is 5.41 Å². The van der Waals surface area contributed by atoms with E-state index in [9.17, 15) is 0 Å². The van der Waals surface area contributed by atoms with Crippen molar-refractivity contribution in [2.75, 3.05) is 23.7 Å². The largest absolute Gasteiger partial charge is 0.383 e. The molecule has 0 radical (unpaired) electrons. The van der Waals surface area contributed by atoms with E-state index in [1.807, 2.05) is 12.1 Å². The van der Waals surface area contributed by atoms with Crippen LogP contribution in [-0.4, -0.2) is 13.1 Å². The third kappa shape index (κ3) is 1.64. The van der Waals surface area contributed by atoms with Gasteiger partial charge in [-0.05, 0) is 25.0 Å². The molecule has 16 heavy (non-hydrogen) atoms. The number of fused-ring (bicyclic) bond motifs is 1. The summed E-state index contributed by atoms with van der Waals surface area (Å²) >= 11 is 12.0. The van der Waals surface area contributed by atoms with Crippen LogP contribution < -0.4 is 10.6 Å². The molecule has 1 heterocycles. The van der Waals surface area contributed by atoms with Gasteiger partial charge >= 0.3 is 0 Å². The maximum Gasteiger partial charge on any atom is 0.0614 e. The molecular formula is C12H14Cl2N2. The molecule has 1 aliphatic heterocycles. The Morgan fingerprint density at radius 1 is 0.938 bits per heavy atom. The quantitative estimate of drug-likeness (QED) is 0.734. The Hall–Kier alpha value is -0.600. The first-order valence-corrected chi connectivity index (χ1v) is 6.41. The fraction of sp³-hybridized carbons (Fsp3) is 0.500. The third-order valence-corrected chi connectivity index (χ3v) is 4.50. The number of benzene rings is 1. The minimum absolute atomic E-state index is 0.442.